The highest BCUT2D eigenvalue weighted by Gasteiger charge is 2.31. The fraction of sp³-hybridized carbons (Fsp3) is 0.333. The molecule has 0 radical (unpaired) electrons. The van der Waals surface area contributed by atoms with Crippen molar-refractivity contribution in [2.24, 2.45) is 0 Å². The zero-order chi connectivity index (χ0) is 22.7. The molecule has 0 aliphatic carbocycles. The van der Waals surface area contributed by atoms with Crippen molar-refractivity contribution < 1.29 is 17.7 Å². The third kappa shape index (κ3) is 5.48. The Labute approximate surface area is 186 Å². The van der Waals surface area contributed by atoms with Crippen LogP contribution >= 0.6 is 0 Å². The second-order valence-electron chi connectivity index (χ2n) is 7.77. The largest absolute Gasteiger partial charge is 0.337 e. The molecule has 0 saturated carbocycles. The number of likely N-dealkylation sites (tertiary alicyclic amines) is 1. The molecule has 0 unspecified atom stereocenters. The van der Waals surface area contributed by atoms with Gasteiger partial charge in [0.15, 0.2) is 0 Å². The predicted octanol–water partition coefficient (Wildman–Crippen LogP) is 2.80. The van der Waals surface area contributed by atoms with Crippen molar-refractivity contribution in [1.29, 1.82) is 0 Å². The lowest BCUT2D eigenvalue weighted by molar-refractivity contribution is -0.114. The average molecular weight is 457 g/mol. The normalized spacial score (nSPS) is 16.8. The molecule has 1 aromatic carbocycles. The second kappa shape index (κ2) is 9.05. The van der Waals surface area contributed by atoms with Gasteiger partial charge in [0, 0.05) is 30.9 Å². The van der Waals surface area contributed by atoms with Crippen molar-refractivity contribution in [3.63, 3.8) is 0 Å². The van der Waals surface area contributed by atoms with E-state index in [-0.39, 0.29) is 17.8 Å². The van der Waals surface area contributed by atoms with Crippen molar-refractivity contribution >= 4 is 27.4 Å². The molecule has 3 aromatic rings. The molecule has 2 aromatic heterocycles. The summed E-state index contributed by atoms with van der Waals surface area (Å²) in [5, 5.41) is 6.86. The number of aromatic nitrogens is 3. The number of anilines is 2. The Morgan fingerprint density at radius 1 is 1.25 bits per heavy atom. The number of hydrogen-bond acceptors (Lipinski definition) is 8. The van der Waals surface area contributed by atoms with Gasteiger partial charge in [-0.15, -0.1) is 0 Å². The maximum atomic E-state index is 11.5. The molecule has 10 nitrogen and oxygen atoms in total. The van der Waals surface area contributed by atoms with Crippen LogP contribution in [0.1, 0.15) is 37.3 Å². The molecule has 0 bridgehead atoms. The number of nitrogens with zero attached hydrogens (tertiary/aromatic N) is 4. The molecular formula is C21H24N6O4S. The molecular weight excluding hydrogens is 432 g/mol. The number of hydrogen-bond donors (Lipinski definition) is 2. The number of pyridine rings is 1. The van der Waals surface area contributed by atoms with Gasteiger partial charge in [-0.25, -0.2) is 13.4 Å². The highest BCUT2D eigenvalue weighted by molar-refractivity contribution is 7.92. The monoisotopic (exact) mass is 456 g/mol. The van der Waals surface area contributed by atoms with Crippen LogP contribution in [0, 0.1) is 0 Å². The molecule has 1 atom stereocenters. The minimum absolute atomic E-state index is 0.00160. The number of amides is 1. The van der Waals surface area contributed by atoms with Gasteiger partial charge < -0.3 is 9.84 Å². The predicted molar refractivity (Wildman–Crippen MR) is 119 cm³/mol. The summed E-state index contributed by atoms with van der Waals surface area (Å²) in [6, 6.07) is 11.0. The standard InChI is InChI=1S/C21H24N6O4S/c1-14(28)23-17-7-5-15(6-8-17)13-27-11-3-4-18(27)21-24-20(25-31-21)16-9-10-22-19(12-16)26-32(2,29)30/h5-10,12,18H,3-4,11,13H2,1-2H3,(H,22,26)(H,23,28)/t18-/m0/s1. The lowest BCUT2D eigenvalue weighted by Gasteiger charge is -2.21. The molecule has 0 spiro atoms. The Morgan fingerprint density at radius 3 is 2.75 bits per heavy atom. The SMILES string of the molecule is CC(=O)Nc1ccc(CN2CCC[C@H]2c2nc(-c3ccnc(NS(C)(=O)=O)c3)no2)cc1. The topological polar surface area (TPSA) is 130 Å². The van der Waals surface area contributed by atoms with Gasteiger partial charge in [-0.05, 0) is 49.2 Å². The maximum absolute atomic E-state index is 11.5. The van der Waals surface area contributed by atoms with Crippen molar-refractivity contribution in [1.82, 2.24) is 20.0 Å². The van der Waals surface area contributed by atoms with Crippen LogP contribution in [-0.2, 0) is 21.4 Å². The van der Waals surface area contributed by atoms with E-state index in [1.54, 1.807) is 12.1 Å². The fourth-order valence-corrected chi connectivity index (χ4v) is 4.22. The molecule has 32 heavy (non-hydrogen) atoms. The van der Waals surface area contributed by atoms with E-state index in [2.05, 4.69) is 30.1 Å². The molecule has 3 heterocycles. The van der Waals surface area contributed by atoms with Gasteiger partial charge in [-0.3, -0.25) is 14.4 Å². The van der Waals surface area contributed by atoms with E-state index in [4.69, 9.17) is 4.52 Å². The minimum atomic E-state index is -3.43. The summed E-state index contributed by atoms with van der Waals surface area (Å²) >= 11 is 0. The molecule has 1 aliphatic rings. The third-order valence-corrected chi connectivity index (χ3v) is 5.64. The Hall–Kier alpha value is -3.31. The van der Waals surface area contributed by atoms with Gasteiger partial charge in [0.1, 0.15) is 5.82 Å². The average Bonchev–Trinajstić information content (AvgIpc) is 3.37. The first kappa shape index (κ1) is 21.9. The summed E-state index contributed by atoms with van der Waals surface area (Å²) in [6.07, 6.45) is 4.48. The van der Waals surface area contributed by atoms with Gasteiger partial charge in [0.2, 0.25) is 27.6 Å². The lowest BCUT2D eigenvalue weighted by atomic mass is 10.1. The summed E-state index contributed by atoms with van der Waals surface area (Å²) in [5.41, 5.74) is 2.50. The van der Waals surface area contributed by atoms with E-state index in [1.165, 1.54) is 13.1 Å². The van der Waals surface area contributed by atoms with E-state index < -0.39 is 10.0 Å². The molecule has 1 aliphatic heterocycles. The highest BCUT2D eigenvalue weighted by atomic mass is 32.2. The summed E-state index contributed by atoms with van der Waals surface area (Å²) < 4.78 is 30.8. The summed E-state index contributed by atoms with van der Waals surface area (Å²) in [4.78, 5) is 22.0. The third-order valence-electron chi connectivity index (χ3n) is 5.06. The van der Waals surface area contributed by atoms with E-state index in [0.717, 1.165) is 43.4 Å². The minimum Gasteiger partial charge on any atom is -0.337 e. The number of carbonyl (C=O) groups is 1. The van der Waals surface area contributed by atoms with Crippen LogP contribution in [0.4, 0.5) is 11.5 Å². The van der Waals surface area contributed by atoms with Crippen LogP contribution in [0.3, 0.4) is 0 Å². The molecule has 1 amide bonds. The molecule has 1 fully saturated rings. The molecule has 4 rings (SSSR count). The van der Waals surface area contributed by atoms with E-state index >= 15 is 0 Å². The Morgan fingerprint density at radius 2 is 2.03 bits per heavy atom. The Balaban J connectivity index is 1.47. The highest BCUT2D eigenvalue weighted by Crippen LogP contribution is 2.33. The number of benzene rings is 1. The van der Waals surface area contributed by atoms with Gasteiger partial charge in [0.25, 0.3) is 0 Å². The zero-order valence-corrected chi connectivity index (χ0v) is 18.6. The second-order valence-corrected chi connectivity index (χ2v) is 9.52. The first-order chi connectivity index (χ1) is 15.3. The van der Waals surface area contributed by atoms with Crippen LogP contribution in [0.2, 0.25) is 0 Å². The molecule has 1 saturated heterocycles. The quantitative estimate of drug-likeness (QED) is 0.555. The Kier molecular flexibility index (Phi) is 6.19. The number of sulfonamides is 1. The number of carbonyl (C=O) groups excluding carboxylic acids is 1. The van der Waals surface area contributed by atoms with Crippen molar-refractivity contribution in [3.8, 4) is 11.4 Å². The first-order valence-corrected chi connectivity index (χ1v) is 12.0. The Bertz CT molecular complexity index is 1210. The number of nitrogens with one attached hydrogen (secondary N) is 2. The van der Waals surface area contributed by atoms with E-state index in [0.29, 0.717) is 17.3 Å². The zero-order valence-electron chi connectivity index (χ0n) is 17.8. The molecule has 11 heteroatoms. The molecule has 2 N–H and O–H groups in total. The smallest absolute Gasteiger partial charge is 0.244 e. The van der Waals surface area contributed by atoms with Crippen LogP contribution in [0.5, 0.6) is 0 Å². The first-order valence-electron chi connectivity index (χ1n) is 10.2. The van der Waals surface area contributed by atoms with Crippen LogP contribution in [0.25, 0.3) is 11.4 Å². The van der Waals surface area contributed by atoms with Crippen LogP contribution < -0.4 is 10.0 Å². The number of rotatable bonds is 7. The van der Waals surface area contributed by atoms with Gasteiger partial charge in [0.05, 0.1) is 12.3 Å². The van der Waals surface area contributed by atoms with Crippen molar-refractivity contribution in [2.45, 2.75) is 32.4 Å². The van der Waals surface area contributed by atoms with Crippen LogP contribution in [-0.4, -0.2) is 47.2 Å². The van der Waals surface area contributed by atoms with E-state index in [1.807, 2.05) is 24.3 Å². The summed E-state index contributed by atoms with van der Waals surface area (Å²) in [7, 11) is -3.43. The van der Waals surface area contributed by atoms with Gasteiger partial charge in [-0.2, -0.15) is 4.98 Å². The van der Waals surface area contributed by atoms with Crippen LogP contribution in [0.15, 0.2) is 47.1 Å². The summed E-state index contributed by atoms with van der Waals surface area (Å²) in [5.74, 6) is 1.01. The van der Waals surface area contributed by atoms with Gasteiger partial charge >= 0.3 is 0 Å². The fourth-order valence-electron chi connectivity index (χ4n) is 3.73. The summed E-state index contributed by atoms with van der Waals surface area (Å²) in [6.45, 7) is 3.12. The maximum Gasteiger partial charge on any atom is 0.244 e. The van der Waals surface area contributed by atoms with Gasteiger partial charge in [-0.1, -0.05) is 17.3 Å². The van der Waals surface area contributed by atoms with Crippen molar-refractivity contribution in [2.75, 3.05) is 22.8 Å². The lowest BCUT2D eigenvalue weighted by Crippen LogP contribution is -2.23. The van der Waals surface area contributed by atoms with E-state index in [9.17, 15) is 13.2 Å². The van der Waals surface area contributed by atoms with Crippen molar-refractivity contribution in [3.05, 3.63) is 54.0 Å². The molecule has 168 valence electrons.